The highest BCUT2D eigenvalue weighted by atomic mass is 16.5. The van der Waals surface area contributed by atoms with Crippen LogP contribution in [0.1, 0.15) is 53.0 Å². The van der Waals surface area contributed by atoms with Gasteiger partial charge in [0.1, 0.15) is 11.4 Å². The monoisotopic (exact) mass is 466 g/mol. The van der Waals surface area contributed by atoms with Crippen molar-refractivity contribution in [3.8, 4) is 5.75 Å². The van der Waals surface area contributed by atoms with Gasteiger partial charge < -0.3 is 26.0 Å². The van der Waals surface area contributed by atoms with Crippen LogP contribution >= 0.6 is 0 Å². The van der Waals surface area contributed by atoms with Crippen LogP contribution in [-0.4, -0.2) is 47.6 Å². The number of piperidine rings is 3. The van der Waals surface area contributed by atoms with Crippen molar-refractivity contribution in [1.29, 1.82) is 0 Å². The van der Waals surface area contributed by atoms with E-state index in [1.165, 1.54) is 0 Å². The van der Waals surface area contributed by atoms with E-state index in [-0.39, 0.29) is 17.5 Å². The number of amides is 3. The van der Waals surface area contributed by atoms with Gasteiger partial charge in [0.15, 0.2) is 0 Å². The molecule has 3 unspecified atom stereocenters. The van der Waals surface area contributed by atoms with Gasteiger partial charge in [0.2, 0.25) is 5.91 Å². The SMILES string of the molecule is CC1C(C(N)=O)=CC=CC1(C)Oc1cccc(C(C)(C)NC(=O)NC2(C)CN3CCC2CC3)c1. The van der Waals surface area contributed by atoms with Crippen molar-refractivity contribution in [2.75, 3.05) is 19.6 Å². The zero-order valence-corrected chi connectivity index (χ0v) is 21.0. The molecule has 1 aromatic carbocycles. The van der Waals surface area contributed by atoms with E-state index in [1.54, 1.807) is 6.08 Å². The molecule has 1 aromatic rings. The molecule has 7 nitrogen and oxygen atoms in total. The molecule has 4 N–H and O–H groups in total. The Labute approximate surface area is 202 Å². The van der Waals surface area contributed by atoms with Gasteiger partial charge in [-0.3, -0.25) is 4.79 Å². The lowest BCUT2D eigenvalue weighted by Gasteiger charge is -2.52. The highest BCUT2D eigenvalue weighted by Gasteiger charge is 2.44. The fourth-order valence-corrected chi connectivity index (χ4v) is 5.67. The Hall–Kier alpha value is -2.80. The highest BCUT2D eigenvalue weighted by molar-refractivity contribution is 5.93. The van der Waals surface area contributed by atoms with Gasteiger partial charge in [0.05, 0.1) is 11.1 Å². The molecule has 3 saturated heterocycles. The van der Waals surface area contributed by atoms with Crippen molar-refractivity contribution >= 4 is 11.9 Å². The average molecular weight is 467 g/mol. The summed E-state index contributed by atoms with van der Waals surface area (Å²) in [5, 5.41) is 6.45. The fraction of sp³-hybridized carbons (Fsp3) is 0.556. The molecule has 3 fully saturated rings. The summed E-state index contributed by atoms with van der Waals surface area (Å²) in [7, 11) is 0. The maximum atomic E-state index is 13.0. The maximum absolute atomic E-state index is 13.0. The van der Waals surface area contributed by atoms with E-state index in [9.17, 15) is 9.59 Å². The van der Waals surface area contributed by atoms with Crippen molar-refractivity contribution in [3.05, 3.63) is 53.6 Å². The first-order valence-corrected chi connectivity index (χ1v) is 12.2. The first-order valence-electron chi connectivity index (χ1n) is 12.2. The molecule has 3 aliphatic heterocycles. The first kappa shape index (κ1) is 24.3. The number of nitrogens with one attached hydrogen (secondary N) is 2. The highest BCUT2D eigenvalue weighted by Crippen LogP contribution is 2.37. The molecule has 3 atom stereocenters. The lowest BCUT2D eigenvalue weighted by Crippen LogP contribution is -2.67. The molecule has 3 heterocycles. The summed E-state index contributed by atoms with van der Waals surface area (Å²) in [4.78, 5) is 27.3. The number of hydrogen-bond donors (Lipinski definition) is 3. The molecule has 0 spiro atoms. The molecule has 5 rings (SSSR count). The summed E-state index contributed by atoms with van der Waals surface area (Å²) in [6, 6.07) is 7.60. The third-order valence-corrected chi connectivity index (χ3v) is 8.07. The number of nitrogens with two attached hydrogens (primary N) is 1. The predicted octanol–water partition coefficient (Wildman–Crippen LogP) is 3.46. The fourth-order valence-electron chi connectivity index (χ4n) is 5.67. The molecular formula is C27H38N4O3. The van der Waals surface area contributed by atoms with E-state index < -0.39 is 17.0 Å². The number of primary amides is 1. The van der Waals surface area contributed by atoms with E-state index in [1.807, 2.05) is 64.1 Å². The molecule has 184 valence electrons. The number of carbonyl (C=O) groups excluding carboxylic acids is 2. The van der Waals surface area contributed by atoms with Crippen molar-refractivity contribution < 1.29 is 14.3 Å². The van der Waals surface area contributed by atoms with Crippen LogP contribution in [0.25, 0.3) is 0 Å². The minimum Gasteiger partial charge on any atom is -0.483 e. The summed E-state index contributed by atoms with van der Waals surface area (Å²) in [6.07, 6.45) is 7.78. The van der Waals surface area contributed by atoms with Crippen molar-refractivity contribution in [2.45, 2.75) is 64.1 Å². The minimum absolute atomic E-state index is 0.153. The minimum atomic E-state index is -0.711. The van der Waals surface area contributed by atoms with Gasteiger partial charge in [-0.15, -0.1) is 0 Å². The smallest absolute Gasteiger partial charge is 0.315 e. The molecule has 0 saturated carbocycles. The molecule has 0 aromatic heterocycles. The summed E-state index contributed by atoms with van der Waals surface area (Å²) >= 11 is 0. The standard InChI is InChI=1S/C27H38N4O3/c1-18-22(23(28)32)10-7-13-27(18,5)34-21-9-6-8-20(16-21)25(2,3)29-24(33)30-26(4)17-31-14-11-19(26)12-15-31/h6-10,13,16,18-19H,11-12,14-15,17H2,1-5H3,(H2,28,32)(H2,29,30,33). The Morgan fingerprint density at radius 1 is 1.21 bits per heavy atom. The van der Waals surface area contributed by atoms with Gasteiger partial charge >= 0.3 is 6.03 Å². The van der Waals surface area contributed by atoms with Crippen LogP contribution in [0.15, 0.2) is 48.1 Å². The molecular weight excluding hydrogens is 428 g/mol. The molecule has 3 amide bonds. The maximum Gasteiger partial charge on any atom is 0.315 e. The Bertz CT molecular complexity index is 1020. The van der Waals surface area contributed by atoms with Crippen LogP contribution in [0.2, 0.25) is 0 Å². The number of ether oxygens (including phenoxy) is 1. The van der Waals surface area contributed by atoms with Crippen LogP contribution in [0, 0.1) is 11.8 Å². The van der Waals surface area contributed by atoms with Crippen molar-refractivity contribution in [1.82, 2.24) is 15.5 Å². The molecule has 2 bridgehead atoms. The number of carbonyl (C=O) groups is 2. The second kappa shape index (κ2) is 8.77. The van der Waals surface area contributed by atoms with Crippen LogP contribution in [-0.2, 0) is 10.3 Å². The molecule has 1 aliphatic carbocycles. The lowest BCUT2D eigenvalue weighted by atomic mass is 9.74. The third kappa shape index (κ3) is 4.71. The third-order valence-electron chi connectivity index (χ3n) is 8.07. The van der Waals surface area contributed by atoms with Crippen molar-refractivity contribution in [2.24, 2.45) is 17.6 Å². The zero-order chi connectivity index (χ0) is 24.7. The molecule has 7 heteroatoms. The van der Waals surface area contributed by atoms with Gasteiger partial charge in [-0.2, -0.15) is 0 Å². The van der Waals surface area contributed by atoms with Gasteiger partial charge in [-0.1, -0.05) is 31.2 Å². The normalized spacial score (nSPS) is 32.6. The van der Waals surface area contributed by atoms with Gasteiger partial charge in [-0.25, -0.2) is 4.79 Å². The van der Waals surface area contributed by atoms with Crippen LogP contribution < -0.4 is 21.1 Å². The summed E-state index contributed by atoms with van der Waals surface area (Å²) < 4.78 is 6.38. The van der Waals surface area contributed by atoms with Gasteiger partial charge in [0, 0.05) is 18.0 Å². The van der Waals surface area contributed by atoms with Crippen molar-refractivity contribution in [3.63, 3.8) is 0 Å². The molecule has 0 radical (unpaired) electrons. The molecule has 4 aliphatic rings. The summed E-state index contributed by atoms with van der Waals surface area (Å²) in [5.41, 5.74) is 5.50. The zero-order valence-electron chi connectivity index (χ0n) is 21.0. The summed E-state index contributed by atoms with van der Waals surface area (Å²) in [5.74, 6) is 0.557. The Balaban J connectivity index is 1.45. The van der Waals surface area contributed by atoms with E-state index in [0.29, 0.717) is 17.2 Å². The largest absolute Gasteiger partial charge is 0.483 e. The van der Waals surface area contributed by atoms with E-state index in [4.69, 9.17) is 10.5 Å². The van der Waals surface area contributed by atoms with Crippen LogP contribution in [0.4, 0.5) is 4.79 Å². The van der Waals surface area contributed by atoms with E-state index in [0.717, 1.165) is 38.0 Å². The molecule has 34 heavy (non-hydrogen) atoms. The number of allylic oxidation sites excluding steroid dienone is 2. The second-order valence-corrected chi connectivity index (χ2v) is 11.1. The lowest BCUT2D eigenvalue weighted by molar-refractivity contribution is -0.115. The topological polar surface area (TPSA) is 96.7 Å². The quantitative estimate of drug-likeness (QED) is 0.598. The predicted molar refractivity (Wildman–Crippen MR) is 133 cm³/mol. The second-order valence-electron chi connectivity index (χ2n) is 11.1. The Morgan fingerprint density at radius 3 is 2.53 bits per heavy atom. The van der Waals surface area contributed by atoms with Gasteiger partial charge in [-0.05, 0) is 83.3 Å². The summed E-state index contributed by atoms with van der Waals surface area (Å²) in [6.45, 7) is 13.2. The average Bonchev–Trinajstić information content (AvgIpc) is 2.75. The van der Waals surface area contributed by atoms with E-state index >= 15 is 0 Å². The van der Waals surface area contributed by atoms with Crippen LogP contribution in [0.5, 0.6) is 5.75 Å². The van der Waals surface area contributed by atoms with E-state index in [2.05, 4.69) is 22.5 Å². The Kier molecular flexibility index (Phi) is 6.27. The first-order chi connectivity index (χ1) is 15.9. The number of benzene rings is 1. The number of rotatable bonds is 6. The number of hydrogen-bond acceptors (Lipinski definition) is 4. The Morgan fingerprint density at radius 2 is 1.91 bits per heavy atom. The number of nitrogens with zero attached hydrogens (tertiary/aromatic N) is 1. The number of fused-ring (bicyclic) bond motifs is 3. The number of urea groups is 1. The van der Waals surface area contributed by atoms with Gasteiger partial charge in [0.25, 0.3) is 0 Å². The van der Waals surface area contributed by atoms with Crippen LogP contribution in [0.3, 0.4) is 0 Å².